The van der Waals surface area contributed by atoms with Crippen molar-refractivity contribution in [2.24, 2.45) is 11.1 Å². The van der Waals surface area contributed by atoms with Crippen LogP contribution in [0.1, 0.15) is 13.8 Å². The van der Waals surface area contributed by atoms with Crippen molar-refractivity contribution in [3.05, 3.63) is 11.6 Å². The number of primary amides is 1. The molecule has 0 heterocycles. The van der Waals surface area contributed by atoms with Crippen LogP contribution in [0.15, 0.2) is 11.6 Å². The summed E-state index contributed by atoms with van der Waals surface area (Å²) in [5.41, 5.74) is 4.20. The molecule has 4 nitrogen and oxygen atoms in total. The highest BCUT2D eigenvalue weighted by molar-refractivity contribution is 5.95. The summed E-state index contributed by atoms with van der Waals surface area (Å²) in [6.45, 7) is 3.27. The Morgan fingerprint density at radius 3 is 2.50 bits per heavy atom. The highest BCUT2D eigenvalue weighted by Gasteiger charge is 2.16. The Morgan fingerprint density at radius 2 is 2.25 bits per heavy atom. The van der Waals surface area contributed by atoms with E-state index in [1.165, 1.54) is 6.08 Å². The second kappa shape index (κ2) is 3.88. The fourth-order valence-electron chi connectivity index (χ4n) is 0.595. The molecule has 0 unspecified atom stereocenters. The van der Waals surface area contributed by atoms with Gasteiger partial charge in [0.2, 0.25) is 0 Å². The molecule has 0 aromatic rings. The minimum absolute atomic E-state index is 0.117. The Labute approximate surface area is 71.3 Å². The number of amides is 1. The van der Waals surface area contributed by atoms with Crippen LogP contribution in [-0.2, 0) is 4.79 Å². The zero-order chi connectivity index (χ0) is 9.78. The number of rotatable bonds is 3. The molecule has 0 spiro atoms. The zero-order valence-electron chi connectivity index (χ0n) is 7.16. The van der Waals surface area contributed by atoms with E-state index >= 15 is 0 Å². The molecule has 4 heteroatoms. The van der Waals surface area contributed by atoms with Gasteiger partial charge in [-0.05, 0) is 0 Å². The van der Waals surface area contributed by atoms with Crippen molar-refractivity contribution in [1.82, 2.24) is 0 Å². The van der Waals surface area contributed by atoms with E-state index in [9.17, 15) is 4.79 Å². The fraction of sp³-hybridized carbons (Fsp3) is 0.500. The standard InChI is InChI=1S/C8H12N2O2/c1-8(2,5-11)3-6(4-9)7(10)12/h3,11H,5H2,1-2H3,(H2,10,12)/b6-3+. The van der Waals surface area contributed by atoms with Gasteiger partial charge >= 0.3 is 0 Å². The zero-order valence-corrected chi connectivity index (χ0v) is 7.16. The van der Waals surface area contributed by atoms with Gasteiger partial charge in [0.25, 0.3) is 5.91 Å². The summed E-state index contributed by atoms with van der Waals surface area (Å²) in [7, 11) is 0. The van der Waals surface area contributed by atoms with Crippen LogP contribution >= 0.6 is 0 Å². The van der Waals surface area contributed by atoms with E-state index in [0.29, 0.717) is 0 Å². The maximum absolute atomic E-state index is 10.6. The van der Waals surface area contributed by atoms with Crippen molar-refractivity contribution >= 4 is 5.91 Å². The predicted molar refractivity (Wildman–Crippen MR) is 43.8 cm³/mol. The van der Waals surface area contributed by atoms with Gasteiger partial charge in [-0.25, -0.2) is 0 Å². The summed E-state index contributed by atoms with van der Waals surface area (Å²) < 4.78 is 0. The molecule has 0 rings (SSSR count). The van der Waals surface area contributed by atoms with Crippen LogP contribution in [0, 0.1) is 16.7 Å². The number of hydrogen-bond acceptors (Lipinski definition) is 3. The van der Waals surface area contributed by atoms with Gasteiger partial charge < -0.3 is 10.8 Å². The average molecular weight is 168 g/mol. The summed E-state index contributed by atoms with van der Waals surface area (Å²) in [5.74, 6) is -0.765. The predicted octanol–water partition coefficient (Wildman–Crippen LogP) is -0.0598. The number of nitrogens with zero attached hydrogens (tertiary/aromatic N) is 1. The van der Waals surface area contributed by atoms with Gasteiger partial charge in [-0.15, -0.1) is 0 Å². The van der Waals surface area contributed by atoms with Crippen LogP contribution < -0.4 is 5.73 Å². The van der Waals surface area contributed by atoms with E-state index in [1.807, 2.05) is 0 Å². The van der Waals surface area contributed by atoms with Crippen LogP contribution in [-0.4, -0.2) is 17.6 Å². The highest BCUT2D eigenvalue weighted by Crippen LogP contribution is 2.17. The second-order valence-electron chi connectivity index (χ2n) is 3.18. The number of nitriles is 1. The monoisotopic (exact) mass is 168 g/mol. The van der Waals surface area contributed by atoms with E-state index in [0.717, 1.165) is 0 Å². The van der Waals surface area contributed by atoms with E-state index in [1.54, 1.807) is 19.9 Å². The first kappa shape index (κ1) is 10.7. The van der Waals surface area contributed by atoms with Gasteiger partial charge in [-0.2, -0.15) is 5.26 Å². The Morgan fingerprint density at radius 1 is 1.75 bits per heavy atom. The SMILES string of the molecule is CC(C)(/C=C(\C#N)C(N)=O)CO. The first-order valence-electron chi connectivity index (χ1n) is 3.46. The molecule has 0 saturated heterocycles. The summed E-state index contributed by atoms with van der Waals surface area (Å²) >= 11 is 0. The number of carbonyl (C=O) groups is 1. The van der Waals surface area contributed by atoms with E-state index < -0.39 is 11.3 Å². The largest absolute Gasteiger partial charge is 0.395 e. The number of aliphatic hydroxyl groups excluding tert-OH is 1. The lowest BCUT2D eigenvalue weighted by molar-refractivity contribution is -0.114. The summed E-state index contributed by atoms with van der Waals surface area (Å²) in [6, 6.07) is 1.67. The fourth-order valence-corrected chi connectivity index (χ4v) is 0.595. The molecule has 3 N–H and O–H groups in total. The molecule has 0 bridgehead atoms. The Balaban J connectivity index is 4.75. The minimum atomic E-state index is -0.765. The highest BCUT2D eigenvalue weighted by atomic mass is 16.3. The van der Waals surface area contributed by atoms with Crippen LogP contribution in [0.25, 0.3) is 0 Å². The third-order valence-corrected chi connectivity index (χ3v) is 1.33. The lowest BCUT2D eigenvalue weighted by Crippen LogP contribution is -2.19. The molecule has 0 aliphatic heterocycles. The first-order chi connectivity index (χ1) is 5.43. The molecule has 1 amide bonds. The summed E-state index contributed by atoms with van der Waals surface area (Å²) in [5, 5.41) is 17.3. The van der Waals surface area contributed by atoms with Crippen molar-refractivity contribution in [1.29, 1.82) is 5.26 Å². The molecular formula is C8H12N2O2. The van der Waals surface area contributed by atoms with E-state index in [4.69, 9.17) is 16.1 Å². The smallest absolute Gasteiger partial charge is 0.259 e. The Bertz CT molecular complexity index is 248. The quantitative estimate of drug-likeness (QED) is 0.457. The first-order valence-corrected chi connectivity index (χ1v) is 3.46. The van der Waals surface area contributed by atoms with Crippen molar-refractivity contribution in [2.45, 2.75) is 13.8 Å². The van der Waals surface area contributed by atoms with Gasteiger partial charge in [-0.3, -0.25) is 4.79 Å². The molecule has 0 fully saturated rings. The van der Waals surface area contributed by atoms with Crippen LogP contribution in [0.2, 0.25) is 0 Å². The topological polar surface area (TPSA) is 87.1 Å². The lowest BCUT2D eigenvalue weighted by atomic mass is 9.92. The van der Waals surface area contributed by atoms with Crippen molar-refractivity contribution in [3.63, 3.8) is 0 Å². The third kappa shape index (κ3) is 3.17. The van der Waals surface area contributed by atoms with Gasteiger partial charge in [0.1, 0.15) is 11.6 Å². The Kier molecular flexibility index (Phi) is 3.45. The van der Waals surface area contributed by atoms with Crippen molar-refractivity contribution < 1.29 is 9.90 Å². The molecule has 66 valence electrons. The number of carbonyl (C=O) groups excluding carboxylic acids is 1. The molecule has 0 aliphatic carbocycles. The van der Waals surface area contributed by atoms with E-state index in [2.05, 4.69) is 0 Å². The third-order valence-electron chi connectivity index (χ3n) is 1.33. The maximum Gasteiger partial charge on any atom is 0.259 e. The molecule has 0 atom stereocenters. The Hall–Kier alpha value is -1.34. The van der Waals surface area contributed by atoms with E-state index in [-0.39, 0.29) is 12.2 Å². The molecule has 0 aliphatic rings. The van der Waals surface area contributed by atoms with Crippen LogP contribution in [0.4, 0.5) is 0 Å². The van der Waals surface area contributed by atoms with Crippen LogP contribution in [0.3, 0.4) is 0 Å². The maximum atomic E-state index is 10.6. The summed E-state index contributed by atoms with van der Waals surface area (Å²) in [6.07, 6.45) is 1.37. The average Bonchev–Trinajstić information content (AvgIpc) is 2.00. The lowest BCUT2D eigenvalue weighted by Gasteiger charge is -2.15. The van der Waals surface area contributed by atoms with Gasteiger partial charge in [-0.1, -0.05) is 19.9 Å². The number of aliphatic hydroxyl groups is 1. The molecule has 0 radical (unpaired) electrons. The number of hydrogen-bond donors (Lipinski definition) is 2. The van der Waals surface area contributed by atoms with Gasteiger partial charge in [0.15, 0.2) is 0 Å². The normalized spacial score (nSPS) is 12.3. The molecular weight excluding hydrogens is 156 g/mol. The van der Waals surface area contributed by atoms with Crippen LogP contribution in [0.5, 0.6) is 0 Å². The number of nitrogens with two attached hydrogens (primary N) is 1. The molecule has 12 heavy (non-hydrogen) atoms. The minimum Gasteiger partial charge on any atom is -0.395 e. The second-order valence-corrected chi connectivity index (χ2v) is 3.18. The van der Waals surface area contributed by atoms with Crippen molar-refractivity contribution in [2.75, 3.05) is 6.61 Å². The van der Waals surface area contributed by atoms with Gasteiger partial charge in [0, 0.05) is 5.41 Å². The van der Waals surface area contributed by atoms with Crippen molar-refractivity contribution in [3.8, 4) is 6.07 Å². The van der Waals surface area contributed by atoms with Gasteiger partial charge in [0.05, 0.1) is 6.61 Å². The molecule has 0 aromatic heterocycles. The molecule has 0 saturated carbocycles. The summed E-state index contributed by atoms with van der Waals surface area (Å²) in [4.78, 5) is 10.6. The molecule has 0 aromatic carbocycles.